The topological polar surface area (TPSA) is 29.1 Å². The van der Waals surface area contributed by atoms with Gasteiger partial charge in [-0.25, -0.2) is 8.78 Å². The van der Waals surface area contributed by atoms with Gasteiger partial charge in [0.05, 0.1) is 5.41 Å². The van der Waals surface area contributed by atoms with Crippen LogP contribution in [0.15, 0.2) is 18.2 Å². The summed E-state index contributed by atoms with van der Waals surface area (Å²) in [6.45, 7) is 2.99. The molecule has 1 aromatic carbocycles. The maximum absolute atomic E-state index is 12.9. The zero-order chi connectivity index (χ0) is 11.1. The number of hydrogen-bond donors (Lipinski definition) is 1. The molecule has 0 atom stereocenters. The zero-order valence-corrected chi connectivity index (χ0v) is 8.31. The van der Waals surface area contributed by atoms with E-state index in [0.29, 0.717) is 13.1 Å². The molecule has 1 aliphatic rings. The number of ketones is 1. The third kappa shape index (κ3) is 1.65. The number of rotatable bonds is 2. The van der Waals surface area contributed by atoms with Gasteiger partial charge in [0.15, 0.2) is 17.4 Å². The molecule has 0 amide bonds. The van der Waals surface area contributed by atoms with E-state index < -0.39 is 17.0 Å². The van der Waals surface area contributed by atoms with Crippen molar-refractivity contribution in [2.24, 2.45) is 5.41 Å². The van der Waals surface area contributed by atoms with E-state index in [1.54, 1.807) is 0 Å². The Morgan fingerprint density at radius 1 is 1.33 bits per heavy atom. The Labute approximate surface area is 86.3 Å². The fraction of sp³-hybridized carbons (Fsp3) is 0.364. The van der Waals surface area contributed by atoms with Gasteiger partial charge in [-0.3, -0.25) is 4.79 Å². The van der Waals surface area contributed by atoms with Gasteiger partial charge in [0.2, 0.25) is 0 Å². The minimum atomic E-state index is -0.975. The molecule has 1 aromatic rings. The smallest absolute Gasteiger partial charge is 0.171 e. The van der Waals surface area contributed by atoms with Gasteiger partial charge in [-0.1, -0.05) is 0 Å². The molecule has 1 aliphatic heterocycles. The summed E-state index contributed by atoms with van der Waals surface area (Å²) in [5.74, 6) is -2.04. The Morgan fingerprint density at radius 3 is 2.47 bits per heavy atom. The predicted octanol–water partition coefficient (Wildman–Crippen LogP) is 1.76. The average molecular weight is 211 g/mol. The first-order valence-electron chi connectivity index (χ1n) is 4.73. The Bertz CT molecular complexity index is 413. The van der Waals surface area contributed by atoms with Gasteiger partial charge in [-0.05, 0) is 25.1 Å². The zero-order valence-electron chi connectivity index (χ0n) is 8.31. The van der Waals surface area contributed by atoms with Crippen LogP contribution in [0.2, 0.25) is 0 Å². The van der Waals surface area contributed by atoms with Crippen molar-refractivity contribution in [2.75, 3.05) is 13.1 Å². The largest absolute Gasteiger partial charge is 0.315 e. The van der Waals surface area contributed by atoms with E-state index in [1.165, 1.54) is 6.07 Å². The first kappa shape index (κ1) is 10.2. The van der Waals surface area contributed by atoms with Gasteiger partial charge in [0.1, 0.15) is 0 Å². The molecule has 2 nitrogen and oxygen atoms in total. The highest BCUT2D eigenvalue weighted by atomic mass is 19.2. The van der Waals surface area contributed by atoms with Gasteiger partial charge in [0.25, 0.3) is 0 Å². The quantitative estimate of drug-likeness (QED) is 0.755. The highest BCUT2D eigenvalue weighted by Gasteiger charge is 2.39. The van der Waals surface area contributed by atoms with Crippen LogP contribution in [0.1, 0.15) is 17.3 Å². The fourth-order valence-electron chi connectivity index (χ4n) is 1.65. The van der Waals surface area contributed by atoms with Gasteiger partial charge >= 0.3 is 0 Å². The standard InChI is InChI=1S/C11H11F2NO/c1-11(5-14-6-11)10(15)7-2-3-8(12)9(13)4-7/h2-4,14H,5-6H2,1H3. The molecule has 0 unspecified atom stereocenters. The van der Waals surface area contributed by atoms with E-state index in [9.17, 15) is 13.6 Å². The van der Waals surface area contributed by atoms with Crippen molar-refractivity contribution < 1.29 is 13.6 Å². The Balaban J connectivity index is 2.30. The van der Waals surface area contributed by atoms with E-state index in [4.69, 9.17) is 0 Å². The Morgan fingerprint density at radius 2 is 2.00 bits per heavy atom. The summed E-state index contributed by atoms with van der Waals surface area (Å²) in [4.78, 5) is 11.9. The average Bonchev–Trinajstić information content (AvgIpc) is 2.17. The SMILES string of the molecule is CC1(C(=O)c2ccc(F)c(F)c2)CNC1. The van der Waals surface area contributed by atoms with Crippen LogP contribution in [0.4, 0.5) is 8.78 Å². The number of Topliss-reactive ketones (excluding diaryl/α,β-unsaturated/α-hetero) is 1. The monoisotopic (exact) mass is 211 g/mol. The molecule has 1 N–H and O–H groups in total. The molecule has 0 aliphatic carbocycles. The van der Waals surface area contributed by atoms with Crippen LogP contribution in [0, 0.1) is 17.0 Å². The summed E-state index contributed by atoms with van der Waals surface area (Å²) in [7, 11) is 0. The van der Waals surface area contributed by atoms with Crippen LogP contribution in [0.25, 0.3) is 0 Å². The van der Waals surface area contributed by atoms with Crippen molar-refractivity contribution in [1.29, 1.82) is 0 Å². The van der Waals surface area contributed by atoms with Crippen LogP contribution < -0.4 is 5.32 Å². The van der Waals surface area contributed by atoms with Crippen molar-refractivity contribution >= 4 is 5.78 Å². The van der Waals surface area contributed by atoms with E-state index in [-0.39, 0.29) is 11.3 Å². The first-order valence-corrected chi connectivity index (χ1v) is 4.73. The molecular weight excluding hydrogens is 200 g/mol. The van der Waals surface area contributed by atoms with Crippen molar-refractivity contribution in [3.05, 3.63) is 35.4 Å². The second-order valence-corrected chi connectivity index (χ2v) is 4.12. The lowest BCUT2D eigenvalue weighted by Crippen LogP contribution is -2.56. The number of carbonyl (C=O) groups is 1. The van der Waals surface area contributed by atoms with E-state index >= 15 is 0 Å². The number of halogens is 2. The normalized spacial score (nSPS) is 18.3. The van der Waals surface area contributed by atoms with Gasteiger partial charge < -0.3 is 5.32 Å². The Kier molecular flexibility index (Phi) is 2.31. The second kappa shape index (κ2) is 3.38. The fourth-order valence-corrected chi connectivity index (χ4v) is 1.65. The molecule has 0 aromatic heterocycles. The van der Waals surface area contributed by atoms with Crippen molar-refractivity contribution in [2.45, 2.75) is 6.92 Å². The number of benzene rings is 1. The van der Waals surface area contributed by atoms with E-state index in [2.05, 4.69) is 5.32 Å². The number of hydrogen-bond acceptors (Lipinski definition) is 2. The summed E-state index contributed by atoms with van der Waals surface area (Å²) in [6, 6.07) is 3.27. The van der Waals surface area contributed by atoms with Gasteiger partial charge in [-0.2, -0.15) is 0 Å². The molecule has 0 bridgehead atoms. The molecule has 1 heterocycles. The van der Waals surface area contributed by atoms with Crippen LogP contribution in [0.5, 0.6) is 0 Å². The Hall–Kier alpha value is -1.29. The molecule has 15 heavy (non-hydrogen) atoms. The molecule has 0 radical (unpaired) electrons. The molecule has 80 valence electrons. The summed E-state index contributed by atoms with van der Waals surface area (Å²) in [5.41, 5.74) is -0.234. The van der Waals surface area contributed by atoms with Gasteiger partial charge in [0, 0.05) is 18.7 Å². The first-order chi connectivity index (χ1) is 7.03. The summed E-state index contributed by atoms with van der Waals surface area (Å²) in [5, 5.41) is 2.99. The highest BCUT2D eigenvalue weighted by Crippen LogP contribution is 2.27. The van der Waals surface area contributed by atoms with Crippen LogP contribution >= 0.6 is 0 Å². The predicted molar refractivity (Wildman–Crippen MR) is 51.7 cm³/mol. The van der Waals surface area contributed by atoms with E-state index in [0.717, 1.165) is 12.1 Å². The molecule has 0 spiro atoms. The molecule has 0 saturated carbocycles. The molecule has 4 heteroatoms. The summed E-state index contributed by atoms with van der Waals surface area (Å²) in [6.07, 6.45) is 0. The van der Waals surface area contributed by atoms with Crippen molar-refractivity contribution in [1.82, 2.24) is 5.32 Å². The van der Waals surface area contributed by atoms with Crippen LogP contribution in [-0.2, 0) is 0 Å². The number of carbonyl (C=O) groups excluding carboxylic acids is 1. The van der Waals surface area contributed by atoms with Gasteiger partial charge in [-0.15, -0.1) is 0 Å². The maximum Gasteiger partial charge on any atom is 0.171 e. The molecule has 1 saturated heterocycles. The molecular formula is C11H11F2NO. The maximum atomic E-state index is 12.9. The minimum absolute atomic E-state index is 0.139. The third-order valence-corrected chi connectivity index (χ3v) is 2.76. The van der Waals surface area contributed by atoms with Crippen LogP contribution in [-0.4, -0.2) is 18.9 Å². The minimum Gasteiger partial charge on any atom is -0.315 e. The molecule has 1 fully saturated rings. The molecule has 2 rings (SSSR count). The van der Waals surface area contributed by atoms with Crippen molar-refractivity contribution in [3.63, 3.8) is 0 Å². The summed E-state index contributed by atoms with van der Waals surface area (Å²) < 4.78 is 25.6. The van der Waals surface area contributed by atoms with E-state index in [1.807, 2.05) is 6.92 Å². The number of nitrogens with one attached hydrogen (secondary N) is 1. The lowest BCUT2D eigenvalue weighted by atomic mass is 9.77. The highest BCUT2D eigenvalue weighted by molar-refractivity contribution is 6.01. The third-order valence-electron chi connectivity index (χ3n) is 2.76. The lowest BCUT2D eigenvalue weighted by molar-refractivity contribution is 0.0721. The second-order valence-electron chi connectivity index (χ2n) is 4.12. The van der Waals surface area contributed by atoms with Crippen LogP contribution in [0.3, 0.4) is 0 Å². The lowest BCUT2D eigenvalue weighted by Gasteiger charge is -2.37. The van der Waals surface area contributed by atoms with Crippen molar-refractivity contribution in [3.8, 4) is 0 Å². The summed E-state index contributed by atoms with van der Waals surface area (Å²) >= 11 is 0.